The van der Waals surface area contributed by atoms with E-state index in [0.29, 0.717) is 18.2 Å². The summed E-state index contributed by atoms with van der Waals surface area (Å²) in [6.07, 6.45) is 4.74. The number of rotatable bonds is 3. The number of nitrogen functional groups attached to an aromatic ring is 1. The lowest BCUT2D eigenvalue weighted by atomic mass is 10.0. The molecule has 1 fully saturated rings. The number of nitrogens with two attached hydrogens (primary N) is 1. The first-order chi connectivity index (χ1) is 10.1. The molecule has 0 amide bonds. The second kappa shape index (κ2) is 5.72. The van der Waals surface area contributed by atoms with Crippen LogP contribution in [0, 0.1) is 0 Å². The van der Waals surface area contributed by atoms with E-state index < -0.39 is 0 Å². The summed E-state index contributed by atoms with van der Waals surface area (Å²) >= 11 is 3.43. The molecule has 1 saturated carbocycles. The van der Waals surface area contributed by atoms with E-state index >= 15 is 0 Å². The number of hydrogen-bond donors (Lipinski definition) is 1. The zero-order valence-corrected chi connectivity index (χ0v) is 13.8. The molecule has 1 heterocycles. The molecular weight excluding hydrogens is 330 g/mol. The quantitative estimate of drug-likeness (QED) is 0.924. The van der Waals surface area contributed by atoms with Crippen molar-refractivity contribution in [3.63, 3.8) is 0 Å². The molecule has 3 rings (SSSR count). The van der Waals surface area contributed by atoms with Crippen LogP contribution in [-0.4, -0.2) is 9.36 Å². The van der Waals surface area contributed by atoms with Gasteiger partial charge in [-0.3, -0.25) is 9.48 Å². The average molecular weight is 350 g/mol. The van der Waals surface area contributed by atoms with Crippen LogP contribution in [0.4, 0.5) is 5.69 Å². The largest absolute Gasteiger partial charge is 0.393 e. The lowest BCUT2D eigenvalue weighted by Crippen LogP contribution is -2.23. The summed E-state index contributed by atoms with van der Waals surface area (Å²) in [5.41, 5.74) is 8.58. The lowest BCUT2D eigenvalue weighted by molar-refractivity contribution is 0.498. The zero-order valence-electron chi connectivity index (χ0n) is 12.2. The van der Waals surface area contributed by atoms with Gasteiger partial charge in [-0.2, -0.15) is 0 Å². The van der Waals surface area contributed by atoms with E-state index in [1.165, 1.54) is 12.8 Å². The maximum Gasteiger partial charge on any atom is 0.290 e. The van der Waals surface area contributed by atoms with Gasteiger partial charge in [-0.15, -0.1) is 0 Å². The molecule has 0 unspecified atom stereocenters. The van der Waals surface area contributed by atoms with Gasteiger partial charge in [-0.05, 0) is 30.5 Å². The van der Waals surface area contributed by atoms with Gasteiger partial charge in [0.1, 0.15) is 5.69 Å². The maximum absolute atomic E-state index is 12.4. The maximum atomic E-state index is 12.4. The molecule has 1 aromatic carbocycles. The third-order valence-corrected chi connectivity index (χ3v) is 4.97. The topological polar surface area (TPSA) is 52.9 Å². The third-order valence-electron chi connectivity index (χ3n) is 4.44. The van der Waals surface area contributed by atoms with E-state index in [9.17, 15) is 4.79 Å². The van der Waals surface area contributed by atoms with E-state index in [1.54, 1.807) is 4.68 Å². The highest BCUT2D eigenvalue weighted by Crippen LogP contribution is 2.35. The first kappa shape index (κ1) is 14.4. The highest BCUT2D eigenvalue weighted by Gasteiger charge is 2.26. The average Bonchev–Trinajstić information content (AvgIpc) is 3.05. The fourth-order valence-corrected chi connectivity index (χ4v) is 3.58. The SMILES string of the molecule is Cn1c(C2CCCC2)c(N)c(=O)n1Cc1ccc(Br)cc1. The van der Waals surface area contributed by atoms with Crippen LogP contribution in [0.5, 0.6) is 0 Å². The van der Waals surface area contributed by atoms with E-state index in [-0.39, 0.29) is 5.56 Å². The highest BCUT2D eigenvalue weighted by atomic mass is 79.9. The van der Waals surface area contributed by atoms with Crippen LogP contribution in [0.15, 0.2) is 33.5 Å². The normalized spacial score (nSPS) is 15.7. The van der Waals surface area contributed by atoms with Crippen molar-refractivity contribution in [2.24, 2.45) is 7.05 Å². The van der Waals surface area contributed by atoms with Gasteiger partial charge in [0.15, 0.2) is 0 Å². The van der Waals surface area contributed by atoms with Crippen LogP contribution < -0.4 is 11.3 Å². The van der Waals surface area contributed by atoms with Crippen molar-refractivity contribution < 1.29 is 0 Å². The minimum absolute atomic E-state index is 0.0673. The van der Waals surface area contributed by atoms with Crippen molar-refractivity contribution in [1.82, 2.24) is 9.36 Å². The van der Waals surface area contributed by atoms with Crippen LogP contribution in [-0.2, 0) is 13.6 Å². The summed E-state index contributed by atoms with van der Waals surface area (Å²) < 4.78 is 4.75. The van der Waals surface area contributed by atoms with Gasteiger partial charge in [-0.25, -0.2) is 4.68 Å². The second-order valence-corrected chi connectivity index (χ2v) is 6.71. The molecule has 1 aromatic heterocycles. The van der Waals surface area contributed by atoms with E-state index in [2.05, 4.69) is 15.9 Å². The van der Waals surface area contributed by atoms with E-state index in [0.717, 1.165) is 28.6 Å². The van der Waals surface area contributed by atoms with Gasteiger partial charge in [0.2, 0.25) is 0 Å². The molecule has 1 aliphatic carbocycles. The fourth-order valence-electron chi connectivity index (χ4n) is 3.31. The van der Waals surface area contributed by atoms with E-state index in [1.807, 2.05) is 36.0 Å². The Kier molecular flexibility index (Phi) is 3.93. The predicted octanol–water partition coefficient (Wildman–Crippen LogP) is 3.24. The Balaban J connectivity index is 1.97. The summed E-state index contributed by atoms with van der Waals surface area (Å²) in [6, 6.07) is 8.03. The highest BCUT2D eigenvalue weighted by molar-refractivity contribution is 9.10. The number of halogens is 1. The van der Waals surface area contributed by atoms with Crippen molar-refractivity contribution in [3.8, 4) is 0 Å². The molecule has 0 aliphatic heterocycles. The Morgan fingerprint density at radius 2 is 1.86 bits per heavy atom. The smallest absolute Gasteiger partial charge is 0.290 e. The first-order valence-electron chi connectivity index (χ1n) is 7.37. The van der Waals surface area contributed by atoms with Crippen molar-refractivity contribution in [3.05, 3.63) is 50.3 Å². The predicted molar refractivity (Wildman–Crippen MR) is 88.5 cm³/mol. The molecule has 112 valence electrons. The summed E-state index contributed by atoms with van der Waals surface area (Å²) in [6.45, 7) is 0.555. The molecule has 4 nitrogen and oxygen atoms in total. The van der Waals surface area contributed by atoms with Gasteiger partial charge >= 0.3 is 0 Å². The molecule has 2 aromatic rings. The second-order valence-electron chi connectivity index (χ2n) is 5.79. The molecule has 5 heteroatoms. The van der Waals surface area contributed by atoms with Gasteiger partial charge in [-0.1, -0.05) is 40.9 Å². The van der Waals surface area contributed by atoms with Crippen molar-refractivity contribution in [2.45, 2.75) is 38.1 Å². The van der Waals surface area contributed by atoms with Crippen LogP contribution in [0.2, 0.25) is 0 Å². The van der Waals surface area contributed by atoms with Gasteiger partial charge in [0.05, 0.1) is 12.2 Å². The van der Waals surface area contributed by atoms with Gasteiger partial charge in [0.25, 0.3) is 5.56 Å². The number of benzene rings is 1. The van der Waals surface area contributed by atoms with Gasteiger partial charge in [0, 0.05) is 17.4 Å². The Hall–Kier alpha value is -1.49. The van der Waals surface area contributed by atoms with Crippen molar-refractivity contribution in [1.29, 1.82) is 0 Å². The van der Waals surface area contributed by atoms with Crippen LogP contribution in [0.25, 0.3) is 0 Å². The minimum atomic E-state index is -0.0673. The Morgan fingerprint density at radius 3 is 2.48 bits per heavy atom. The summed E-state index contributed by atoms with van der Waals surface area (Å²) in [5, 5.41) is 0. The van der Waals surface area contributed by atoms with Crippen molar-refractivity contribution in [2.75, 3.05) is 5.73 Å². The Labute approximate surface area is 132 Å². The molecule has 0 radical (unpaired) electrons. The zero-order chi connectivity index (χ0) is 15.0. The minimum Gasteiger partial charge on any atom is -0.393 e. The third kappa shape index (κ3) is 2.67. The van der Waals surface area contributed by atoms with Crippen molar-refractivity contribution >= 4 is 21.6 Å². The standard InChI is InChI=1S/C16H20BrN3O/c1-19-15(12-4-2-3-5-12)14(18)16(21)20(19)10-11-6-8-13(17)9-7-11/h6-9,12H,2-5,10,18H2,1H3. The molecule has 0 bridgehead atoms. The number of nitrogens with zero attached hydrogens (tertiary/aromatic N) is 2. The van der Waals surface area contributed by atoms with Gasteiger partial charge < -0.3 is 5.73 Å². The molecule has 1 aliphatic rings. The molecular formula is C16H20BrN3O. The molecule has 21 heavy (non-hydrogen) atoms. The fraction of sp³-hybridized carbons (Fsp3) is 0.438. The first-order valence-corrected chi connectivity index (χ1v) is 8.17. The van der Waals surface area contributed by atoms with Crippen LogP contribution in [0.3, 0.4) is 0 Å². The Morgan fingerprint density at radius 1 is 1.24 bits per heavy atom. The monoisotopic (exact) mass is 349 g/mol. The number of aromatic nitrogens is 2. The number of anilines is 1. The van der Waals surface area contributed by atoms with E-state index in [4.69, 9.17) is 5.73 Å². The Bertz CT molecular complexity index is 694. The summed E-state index contributed by atoms with van der Waals surface area (Å²) in [5.74, 6) is 0.439. The molecule has 2 N–H and O–H groups in total. The summed E-state index contributed by atoms with van der Waals surface area (Å²) in [4.78, 5) is 12.4. The lowest BCUT2D eigenvalue weighted by Gasteiger charge is -2.14. The molecule has 0 atom stereocenters. The van der Waals surface area contributed by atoms with Crippen LogP contribution in [0.1, 0.15) is 42.9 Å². The molecule has 0 spiro atoms. The number of hydrogen-bond acceptors (Lipinski definition) is 2. The molecule has 0 saturated heterocycles. The van der Waals surface area contributed by atoms with Crippen LogP contribution >= 0.6 is 15.9 Å². The summed E-state index contributed by atoms with van der Waals surface area (Å²) in [7, 11) is 1.95.